The quantitative estimate of drug-likeness (QED) is 0.385. The average Bonchev–Trinajstić information content (AvgIpc) is 2.46. The molecular weight excluding hydrogens is 379 g/mol. The van der Waals surface area contributed by atoms with E-state index in [0.29, 0.717) is 19.0 Å². The van der Waals surface area contributed by atoms with E-state index in [1.807, 2.05) is 19.1 Å². The summed E-state index contributed by atoms with van der Waals surface area (Å²) in [6.07, 6.45) is 0.937. The zero-order valence-corrected chi connectivity index (χ0v) is 15.2. The van der Waals surface area contributed by atoms with Gasteiger partial charge in [0.2, 0.25) is 5.91 Å². The number of aliphatic imine (C=N–C) groups is 1. The zero-order valence-electron chi connectivity index (χ0n) is 12.9. The Morgan fingerprint density at radius 1 is 1.19 bits per heavy atom. The Labute approximate surface area is 144 Å². The van der Waals surface area contributed by atoms with E-state index in [1.54, 1.807) is 7.05 Å². The molecule has 0 aliphatic heterocycles. The summed E-state index contributed by atoms with van der Waals surface area (Å²) >= 11 is 0. The number of carbonyl (C=O) groups excluding carboxylic acids is 1. The molecule has 3 N–H and O–H groups in total. The highest BCUT2D eigenvalue weighted by Gasteiger charge is 2.03. The first kappa shape index (κ1) is 19.7. The van der Waals surface area contributed by atoms with E-state index in [0.717, 1.165) is 6.42 Å². The van der Waals surface area contributed by atoms with E-state index in [-0.39, 0.29) is 36.4 Å². The van der Waals surface area contributed by atoms with Crippen molar-refractivity contribution in [2.45, 2.75) is 26.8 Å². The van der Waals surface area contributed by atoms with Crippen molar-refractivity contribution in [1.29, 1.82) is 0 Å². The molecule has 1 aromatic carbocycles. The summed E-state index contributed by atoms with van der Waals surface area (Å²) < 4.78 is 0. The van der Waals surface area contributed by atoms with Crippen LogP contribution in [-0.2, 0) is 11.3 Å². The topological polar surface area (TPSA) is 65.5 Å². The van der Waals surface area contributed by atoms with Crippen LogP contribution in [0.4, 0.5) is 0 Å². The Balaban J connectivity index is 0.00000400. The summed E-state index contributed by atoms with van der Waals surface area (Å²) in [4.78, 5) is 15.6. The van der Waals surface area contributed by atoms with Crippen LogP contribution in [0.25, 0.3) is 0 Å². The number of hydrogen-bond donors (Lipinski definition) is 3. The number of carbonyl (C=O) groups is 1. The van der Waals surface area contributed by atoms with Gasteiger partial charge in [0, 0.05) is 20.1 Å². The molecule has 1 amide bonds. The monoisotopic (exact) mass is 404 g/mol. The van der Waals surface area contributed by atoms with Crippen LogP contribution in [0.5, 0.6) is 0 Å². The first-order valence-corrected chi connectivity index (χ1v) is 6.93. The summed E-state index contributed by atoms with van der Waals surface area (Å²) in [6.45, 7) is 5.72. The Morgan fingerprint density at radius 2 is 1.90 bits per heavy atom. The summed E-state index contributed by atoms with van der Waals surface area (Å²) in [7, 11) is 1.69. The average molecular weight is 404 g/mol. The minimum atomic E-state index is -0.0225. The Bertz CT molecular complexity index is 463. The van der Waals surface area contributed by atoms with Gasteiger partial charge in [0.25, 0.3) is 0 Å². The van der Waals surface area contributed by atoms with E-state index >= 15 is 0 Å². The molecule has 0 unspecified atom stereocenters. The molecule has 21 heavy (non-hydrogen) atoms. The summed E-state index contributed by atoms with van der Waals surface area (Å²) in [5.74, 6) is 0.602. The van der Waals surface area contributed by atoms with Crippen LogP contribution < -0.4 is 16.0 Å². The first-order chi connectivity index (χ1) is 9.67. The summed E-state index contributed by atoms with van der Waals surface area (Å²) in [5, 5.41) is 9.00. The van der Waals surface area contributed by atoms with Crippen LogP contribution in [0.3, 0.4) is 0 Å². The van der Waals surface area contributed by atoms with Crippen molar-refractivity contribution in [1.82, 2.24) is 16.0 Å². The lowest BCUT2D eigenvalue weighted by Gasteiger charge is -2.13. The molecule has 0 atom stereocenters. The number of guanidine groups is 1. The Kier molecular flexibility index (Phi) is 10.7. The number of benzene rings is 1. The number of nitrogens with zero attached hydrogens (tertiary/aromatic N) is 1. The molecule has 118 valence electrons. The van der Waals surface area contributed by atoms with Crippen LogP contribution in [0, 0.1) is 6.92 Å². The molecule has 6 heteroatoms. The maximum atomic E-state index is 11.5. The Hall–Kier alpha value is -1.31. The van der Waals surface area contributed by atoms with Gasteiger partial charge in [-0.15, -0.1) is 24.0 Å². The molecule has 0 aliphatic rings. The number of halogens is 1. The number of nitrogens with one attached hydrogen (secondary N) is 3. The van der Waals surface area contributed by atoms with Gasteiger partial charge in [-0.3, -0.25) is 9.79 Å². The normalized spacial score (nSPS) is 10.5. The fraction of sp³-hybridized carbons (Fsp3) is 0.467. The molecule has 0 aliphatic carbocycles. The van der Waals surface area contributed by atoms with E-state index in [1.165, 1.54) is 11.1 Å². The second kappa shape index (κ2) is 11.4. The fourth-order valence-corrected chi connectivity index (χ4v) is 1.70. The van der Waals surface area contributed by atoms with Gasteiger partial charge >= 0.3 is 0 Å². The summed E-state index contributed by atoms with van der Waals surface area (Å²) in [5.41, 5.74) is 2.45. The maximum absolute atomic E-state index is 11.5. The second-order valence-electron chi connectivity index (χ2n) is 4.56. The molecule has 0 fully saturated rings. The van der Waals surface area contributed by atoms with Crippen LogP contribution in [0.2, 0.25) is 0 Å². The van der Waals surface area contributed by atoms with Crippen molar-refractivity contribution in [3.05, 3.63) is 35.4 Å². The van der Waals surface area contributed by atoms with Crippen molar-refractivity contribution >= 4 is 35.8 Å². The van der Waals surface area contributed by atoms with E-state index in [4.69, 9.17) is 0 Å². The lowest BCUT2D eigenvalue weighted by molar-refractivity contribution is -0.120. The zero-order chi connectivity index (χ0) is 14.8. The van der Waals surface area contributed by atoms with E-state index in [9.17, 15) is 4.79 Å². The number of rotatable bonds is 6. The molecule has 0 spiro atoms. The highest BCUT2D eigenvalue weighted by molar-refractivity contribution is 14.0. The molecule has 1 aromatic rings. The van der Waals surface area contributed by atoms with Crippen molar-refractivity contribution in [3.63, 3.8) is 0 Å². The number of hydrogen-bond acceptors (Lipinski definition) is 2. The molecule has 1 rings (SSSR count). The third-order valence-electron chi connectivity index (χ3n) is 2.92. The highest BCUT2D eigenvalue weighted by Crippen LogP contribution is 2.05. The van der Waals surface area contributed by atoms with Crippen LogP contribution in [0.1, 0.15) is 24.5 Å². The van der Waals surface area contributed by atoms with Gasteiger partial charge in [0.05, 0.1) is 6.54 Å². The van der Waals surface area contributed by atoms with Gasteiger partial charge in [0.1, 0.15) is 0 Å². The van der Waals surface area contributed by atoms with Crippen LogP contribution in [-0.4, -0.2) is 32.0 Å². The number of amides is 1. The maximum Gasteiger partial charge on any atom is 0.239 e. The predicted octanol–water partition coefficient (Wildman–Crippen LogP) is 1.80. The first-order valence-electron chi connectivity index (χ1n) is 6.93. The van der Waals surface area contributed by atoms with Gasteiger partial charge in [-0.2, -0.15) is 0 Å². The Morgan fingerprint density at radius 3 is 2.52 bits per heavy atom. The van der Waals surface area contributed by atoms with Crippen molar-refractivity contribution in [2.75, 3.05) is 20.1 Å². The second-order valence-corrected chi connectivity index (χ2v) is 4.56. The minimum Gasteiger partial charge on any atom is -0.355 e. The molecule has 0 aromatic heterocycles. The molecule has 0 radical (unpaired) electrons. The molecular formula is C15H25IN4O. The smallest absolute Gasteiger partial charge is 0.239 e. The third kappa shape index (κ3) is 7.89. The fourth-order valence-electron chi connectivity index (χ4n) is 1.70. The predicted molar refractivity (Wildman–Crippen MR) is 98.1 cm³/mol. The van der Waals surface area contributed by atoms with Crippen molar-refractivity contribution in [3.8, 4) is 0 Å². The molecule has 5 nitrogen and oxygen atoms in total. The third-order valence-corrected chi connectivity index (χ3v) is 2.92. The van der Waals surface area contributed by atoms with Crippen LogP contribution in [0.15, 0.2) is 29.3 Å². The lowest BCUT2D eigenvalue weighted by atomic mass is 10.1. The molecule has 0 bridgehead atoms. The van der Waals surface area contributed by atoms with Gasteiger partial charge in [-0.1, -0.05) is 31.2 Å². The van der Waals surface area contributed by atoms with Crippen molar-refractivity contribution in [2.24, 2.45) is 4.99 Å². The minimum absolute atomic E-state index is 0. The van der Waals surface area contributed by atoms with Gasteiger partial charge < -0.3 is 16.0 Å². The van der Waals surface area contributed by atoms with E-state index < -0.39 is 0 Å². The van der Waals surface area contributed by atoms with Gasteiger partial charge in [-0.05, 0) is 24.5 Å². The lowest BCUT2D eigenvalue weighted by Crippen LogP contribution is -2.43. The van der Waals surface area contributed by atoms with Crippen molar-refractivity contribution < 1.29 is 4.79 Å². The summed E-state index contributed by atoms with van der Waals surface area (Å²) in [6, 6.07) is 8.18. The molecule has 0 heterocycles. The molecule has 0 saturated heterocycles. The largest absolute Gasteiger partial charge is 0.355 e. The highest BCUT2D eigenvalue weighted by atomic mass is 127. The number of aryl methyl sites for hydroxylation is 1. The van der Waals surface area contributed by atoms with Gasteiger partial charge in [0.15, 0.2) is 5.96 Å². The molecule has 0 saturated carbocycles. The standard InChI is InChI=1S/C15H24N4O.HI/c1-4-9-17-14(20)11-19-15(16-3)18-10-13-8-6-5-7-12(13)2;/h5-8H,4,9-11H2,1-3H3,(H,17,20)(H2,16,18,19);1H. The van der Waals surface area contributed by atoms with Gasteiger partial charge in [-0.25, -0.2) is 0 Å². The SMILES string of the molecule is CCCNC(=O)CNC(=NC)NCc1ccccc1C.I. The van der Waals surface area contributed by atoms with Crippen LogP contribution >= 0.6 is 24.0 Å². The van der Waals surface area contributed by atoms with E-state index in [2.05, 4.69) is 40.0 Å².